The number of aromatic hydroxyl groups is 5. The lowest BCUT2D eigenvalue weighted by Crippen LogP contribution is -2.60. The Labute approximate surface area is 317 Å². The molecule has 56 heavy (non-hydrogen) atoms. The van der Waals surface area contributed by atoms with E-state index >= 15 is 0 Å². The summed E-state index contributed by atoms with van der Waals surface area (Å²) in [7, 11) is 1.36. The Balaban J connectivity index is 1.27. The number of fused-ring (bicyclic) bond motifs is 1. The van der Waals surface area contributed by atoms with Gasteiger partial charge in [-0.05, 0) is 42.0 Å². The van der Waals surface area contributed by atoms with Gasteiger partial charge in [0, 0.05) is 18.2 Å². The third kappa shape index (κ3) is 8.40. The quantitative estimate of drug-likeness (QED) is 0.0486. The Morgan fingerprint density at radius 1 is 0.750 bits per heavy atom. The molecule has 12 N–H and O–H groups in total. The van der Waals surface area contributed by atoms with Gasteiger partial charge in [-0.1, -0.05) is 6.07 Å². The van der Waals surface area contributed by atoms with Gasteiger partial charge in [-0.25, -0.2) is 4.79 Å². The number of carbonyl (C=O) groups is 1. The third-order valence-corrected chi connectivity index (χ3v) is 9.26. The van der Waals surface area contributed by atoms with E-state index in [0.29, 0.717) is 5.56 Å². The number of methoxy groups -OCH3 is 1. The first-order valence-electron chi connectivity index (χ1n) is 17.1. The highest BCUT2D eigenvalue weighted by Crippen LogP contribution is 2.47. The van der Waals surface area contributed by atoms with E-state index in [2.05, 4.69) is 4.74 Å². The molecule has 3 aromatic rings. The molecule has 0 aromatic heterocycles. The Kier molecular flexibility index (Phi) is 12.1. The number of phenolic OH excluding ortho intramolecular Hbond substituents is 4. The molecule has 0 aliphatic carbocycles. The Hall–Kier alpha value is -5.35. The van der Waals surface area contributed by atoms with Crippen molar-refractivity contribution >= 4 is 18.1 Å². The van der Waals surface area contributed by atoms with Crippen molar-refractivity contribution in [2.24, 2.45) is 0 Å². The molecule has 0 amide bonds. The highest BCUT2D eigenvalue weighted by atomic mass is 16.7. The molecule has 19 heteroatoms. The van der Waals surface area contributed by atoms with Gasteiger partial charge in [-0.2, -0.15) is 0 Å². The molecule has 6 rings (SSSR count). The number of benzene rings is 3. The van der Waals surface area contributed by atoms with E-state index < -0.39 is 98.2 Å². The second-order valence-corrected chi connectivity index (χ2v) is 13.0. The summed E-state index contributed by atoms with van der Waals surface area (Å²) in [6.07, 6.45) is -14.5. The summed E-state index contributed by atoms with van der Waals surface area (Å²) in [5.41, 5.74) is 0.772. The molecule has 0 spiro atoms. The maximum absolute atomic E-state index is 12.6. The fraction of sp³-hybridized carbons (Fsp3) is 0.378. The monoisotopic (exact) mass is 789 g/mol. The predicted molar refractivity (Wildman–Crippen MR) is 187 cm³/mol. The van der Waals surface area contributed by atoms with Gasteiger partial charge in [-0.3, -0.25) is 0 Å². The van der Waals surface area contributed by atoms with Gasteiger partial charge in [0.25, 0.3) is 11.9 Å². The fourth-order valence-electron chi connectivity index (χ4n) is 6.17. The molecule has 302 valence electrons. The second kappa shape index (κ2) is 16.8. The van der Waals surface area contributed by atoms with E-state index in [1.807, 2.05) is 0 Å². The Morgan fingerprint density at radius 3 is 2.09 bits per heavy atom. The van der Waals surface area contributed by atoms with Crippen LogP contribution in [0, 0.1) is 0 Å². The average Bonchev–Trinajstić information content (AvgIpc) is 3.18. The number of carbonyl (C=O) groups excluding carboxylic acids is 1. The Bertz CT molecular complexity index is 1950. The number of hydrogen-bond acceptors (Lipinski definition) is 18. The van der Waals surface area contributed by atoms with Crippen molar-refractivity contribution in [1.82, 2.24) is 0 Å². The molecule has 19 nitrogen and oxygen atoms in total. The van der Waals surface area contributed by atoms with Gasteiger partial charge in [0.1, 0.15) is 72.5 Å². The van der Waals surface area contributed by atoms with Crippen LogP contribution < -0.4 is 9.47 Å². The first-order chi connectivity index (χ1) is 26.7. The van der Waals surface area contributed by atoms with Crippen molar-refractivity contribution in [1.29, 1.82) is 0 Å². The van der Waals surface area contributed by atoms with Crippen LogP contribution in [0.25, 0.3) is 12.2 Å². The summed E-state index contributed by atoms with van der Waals surface area (Å²) in [5.74, 6) is -2.48. The van der Waals surface area contributed by atoms with E-state index in [4.69, 9.17) is 28.4 Å². The second-order valence-electron chi connectivity index (χ2n) is 13.0. The van der Waals surface area contributed by atoms with Crippen LogP contribution in [0.1, 0.15) is 22.8 Å². The van der Waals surface area contributed by atoms with Crippen molar-refractivity contribution in [3.8, 4) is 40.2 Å². The van der Waals surface area contributed by atoms with Gasteiger partial charge in [0.15, 0.2) is 28.8 Å². The summed E-state index contributed by atoms with van der Waals surface area (Å²) in [6.45, 7) is -1.36. The van der Waals surface area contributed by atoms with Crippen LogP contribution in [0.2, 0.25) is 0 Å². The lowest BCUT2D eigenvalue weighted by molar-refractivity contribution is -0.296. The molecule has 3 heterocycles. The van der Waals surface area contributed by atoms with Crippen LogP contribution in [-0.2, 0) is 23.7 Å². The van der Waals surface area contributed by atoms with Gasteiger partial charge in [0.05, 0.1) is 25.3 Å². The molecule has 2 fully saturated rings. The molecule has 3 aliphatic rings. The minimum Gasteiger partial charge on any atom is -0.571 e. The smallest absolute Gasteiger partial charge is 0.330 e. The maximum atomic E-state index is 12.6. The van der Waals surface area contributed by atoms with Crippen molar-refractivity contribution < 1.29 is 94.1 Å². The fourth-order valence-corrected chi connectivity index (χ4v) is 6.17. The predicted octanol–water partition coefficient (Wildman–Crippen LogP) is -0.886. The van der Waals surface area contributed by atoms with Crippen LogP contribution in [0.4, 0.5) is 0 Å². The van der Waals surface area contributed by atoms with Crippen LogP contribution in [0.5, 0.6) is 40.2 Å². The van der Waals surface area contributed by atoms with Gasteiger partial charge in [-0.15, -0.1) is 0 Å². The maximum Gasteiger partial charge on any atom is 0.330 e. The lowest BCUT2D eigenvalue weighted by Gasteiger charge is -2.41. The molecule has 1 unspecified atom stereocenters. The van der Waals surface area contributed by atoms with Crippen LogP contribution in [0.3, 0.4) is 0 Å². The van der Waals surface area contributed by atoms with E-state index in [-0.39, 0.29) is 45.6 Å². The molecule has 0 radical (unpaired) electrons. The number of aliphatic hydroxyl groups excluding tert-OH is 7. The first kappa shape index (κ1) is 40.3. The summed E-state index contributed by atoms with van der Waals surface area (Å²) < 4.78 is 38.1. The number of rotatable bonds is 11. The normalized spacial score (nSPS) is 30.1. The Morgan fingerprint density at radius 2 is 1.41 bits per heavy atom. The summed E-state index contributed by atoms with van der Waals surface area (Å²) in [5, 5.41) is 114. The highest BCUT2D eigenvalue weighted by Gasteiger charge is 2.48. The van der Waals surface area contributed by atoms with Crippen molar-refractivity contribution in [3.05, 3.63) is 77.1 Å². The summed E-state index contributed by atoms with van der Waals surface area (Å²) in [4.78, 5) is 12.6. The molecule has 2 saturated heterocycles. The summed E-state index contributed by atoms with van der Waals surface area (Å²) >= 11 is 0. The van der Waals surface area contributed by atoms with Gasteiger partial charge < -0.3 is 89.3 Å². The van der Waals surface area contributed by atoms with E-state index in [0.717, 1.165) is 12.1 Å². The zero-order valence-corrected chi connectivity index (χ0v) is 29.3. The average molecular weight is 790 g/mol. The zero-order valence-electron chi connectivity index (χ0n) is 29.3. The van der Waals surface area contributed by atoms with Crippen molar-refractivity contribution in [2.45, 2.75) is 67.5 Å². The van der Waals surface area contributed by atoms with Crippen LogP contribution in [-0.4, -0.2) is 149 Å². The SMILES string of the molecule is COc1cc(/C=C/C(=O)OC[C@H]2O[C@@H](OC3=Cc4c(O[C@@H]5O[C@H](CO)[C@@H](O)[C@H](O)[C@H]5O)cc(O)cc4[OH+]C3c3ccc(O)c(O)c3)[C@H](O)[C@@H](O)[C@@H]2O)ccc1O. The number of ether oxygens (including phenoxy) is 7. The summed E-state index contributed by atoms with van der Waals surface area (Å²) in [6, 6.07) is 10.4. The number of phenols is 4. The molecule has 11 atom stereocenters. The highest BCUT2D eigenvalue weighted by molar-refractivity contribution is 5.87. The van der Waals surface area contributed by atoms with E-state index in [9.17, 15) is 61.0 Å². The van der Waals surface area contributed by atoms with E-state index in [1.165, 1.54) is 61.7 Å². The van der Waals surface area contributed by atoms with Gasteiger partial charge in [0.2, 0.25) is 12.6 Å². The number of esters is 1. The van der Waals surface area contributed by atoms with Gasteiger partial charge >= 0.3 is 5.97 Å². The molecular formula is C37H41O19+. The zero-order chi connectivity index (χ0) is 40.4. The number of hydrogen-bond donors (Lipinski definition) is 11. The van der Waals surface area contributed by atoms with E-state index in [1.54, 1.807) is 0 Å². The minimum absolute atomic E-state index is 0.0543. The topological polar surface area (TPSA) is 308 Å². The molecule has 0 bridgehead atoms. The molecule has 3 aliphatic heterocycles. The van der Waals surface area contributed by atoms with Crippen LogP contribution >= 0.6 is 0 Å². The third-order valence-electron chi connectivity index (χ3n) is 9.26. The van der Waals surface area contributed by atoms with Crippen LogP contribution in [0.15, 0.2) is 60.4 Å². The molecular weight excluding hydrogens is 748 g/mol. The van der Waals surface area contributed by atoms with Crippen molar-refractivity contribution in [3.63, 3.8) is 0 Å². The largest absolute Gasteiger partial charge is 0.571 e. The molecule has 0 saturated carbocycles. The first-order valence-corrected chi connectivity index (χ1v) is 17.1. The van der Waals surface area contributed by atoms with Crippen molar-refractivity contribution in [2.75, 3.05) is 20.3 Å². The minimum atomic E-state index is -1.90. The number of aliphatic hydroxyl groups is 8. The molecule has 3 aromatic carbocycles. The standard InChI is InChI=1S/C37H40O19/c1-50-24-8-15(2-5-20(24)41)3-7-28(43)51-14-27-30(45)32(47)34(49)37(56-27)54-25-12-18-22(52-35(25)16-4-6-19(40)21(42)9-16)10-17(39)11-23(18)53-36-33(48)31(46)29(44)26(13-38)55-36/h2-12,26-27,29-42,44-49H,13-14H2,1H3/p+1/b7-3+/t26-,27-,29-,30-,31+,32+,33-,34-,35?,36-,37-/m1/s1. The lowest BCUT2D eigenvalue weighted by atomic mass is 9.98.